The van der Waals surface area contributed by atoms with Crippen LogP contribution in [0.15, 0.2) is 12.2 Å². The van der Waals surface area contributed by atoms with Crippen LogP contribution in [0.3, 0.4) is 0 Å². The predicted molar refractivity (Wildman–Crippen MR) is 212 cm³/mol. The first-order valence-corrected chi connectivity index (χ1v) is 22.0. The van der Waals surface area contributed by atoms with Gasteiger partial charge in [-0.3, -0.25) is 14.5 Å². The van der Waals surface area contributed by atoms with E-state index in [1.807, 2.05) is 0 Å². The van der Waals surface area contributed by atoms with E-state index in [9.17, 15) is 14.7 Å². The van der Waals surface area contributed by atoms with Crippen molar-refractivity contribution in [3.63, 3.8) is 0 Å². The molecular formula is C45H77N3O5. The van der Waals surface area contributed by atoms with Crippen molar-refractivity contribution in [2.45, 2.75) is 143 Å². The van der Waals surface area contributed by atoms with Crippen molar-refractivity contribution >= 4 is 11.8 Å². The maximum Gasteiger partial charge on any atom is 0.226 e. The Labute approximate surface area is 322 Å². The van der Waals surface area contributed by atoms with E-state index in [1.165, 1.54) is 31.3 Å². The van der Waals surface area contributed by atoms with Crippen molar-refractivity contribution in [3.05, 3.63) is 12.2 Å². The standard InChI is InChI=1S/C45H77N3O5/c1-32(31-53-30-27-48-25-28-52-29-26-48)33-16-21-45(40(51)47-24-12-10-8-9-11-13-38(50)46-7)23-22-43(5)34(39(33)45)14-15-36-42(4)19-18-37(49)41(2,3)35(42)17-20-44(36,43)6/h33-37,39,49H,1,8-31H2,2-7H3,(H,46,50)(H,47,51)/t33-,34+,35-,36+,37-,39+,42-,43+,44+,45-/m0/s1. The lowest BCUT2D eigenvalue weighted by Crippen LogP contribution is -2.67. The summed E-state index contributed by atoms with van der Waals surface area (Å²) in [6, 6.07) is 0. The van der Waals surface area contributed by atoms with Crippen molar-refractivity contribution in [2.24, 2.45) is 56.7 Å². The average molecular weight is 740 g/mol. The third-order valence-electron chi connectivity index (χ3n) is 17.5. The van der Waals surface area contributed by atoms with E-state index in [2.05, 4.69) is 50.2 Å². The molecule has 2 amide bonds. The summed E-state index contributed by atoms with van der Waals surface area (Å²) in [4.78, 5) is 28.7. The SMILES string of the molecule is C=C(COCCN1CCOCC1)[C@@H]1CC[C@]2(C(=O)NCCCCCCCC(=O)NC)CC[C@]3(C)[C@H](CC[C@@H]4[C@@]5(C)CC[C@H](O)C(C)(C)[C@@H]5CC[C@]43C)[C@@H]12. The van der Waals surface area contributed by atoms with Gasteiger partial charge in [0.05, 0.1) is 37.9 Å². The van der Waals surface area contributed by atoms with Crippen molar-refractivity contribution < 1.29 is 24.2 Å². The zero-order valence-corrected chi connectivity index (χ0v) is 34.7. The maximum absolute atomic E-state index is 14.7. The number of carbonyl (C=O) groups is 2. The minimum atomic E-state index is -0.333. The van der Waals surface area contributed by atoms with Crippen LogP contribution in [0, 0.1) is 56.7 Å². The van der Waals surface area contributed by atoms with Crippen LogP contribution >= 0.6 is 0 Å². The van der Waals surface area contributed by atoms with Gasteiger partial charge in [-0.25, -0.2) is 0 Å². The molecule has 0 aromatic carbocycles. The fourth-order valence-electron chi connectivity index (χ4n) is 14.2. The fourth-order valence-corrected chi connectivity index (χ4v) is 14.2. The summed E-state index contributed by atoms with van der Waals surface area (Å²) in [5.74, 6) is 2.72. The van der Waals surface area contributed by atoms with Gasteiger partial charge in [-0.05, 0) is 134 Å². The number of carbonyl (C=O) groups excluding carboxylic acids is 2. The summed E-state index contributed by atoms with van der Waals surface area (Å²) >= 11 is 0. The number of morpholine rings is 1. The number of unbranched alkanes of at least 4 members (excludes halogenated alkanes) is 4. The molecule has 8 heteroatoms. The zero-order chi connectivity index (χ0) is 38.1. The molecule has 1 aliphatic heterocycles. The minimum Gasteiger partial charge on any atom is -0.393 e. The van der Waals surface area contributed by atoms with Crippen LogP contribution in [0.1, 0.15) is 137 Å². The first-order chi connectivity index (χ1) is 25.2. The van der Waals surface area contributed by atoms with E-state index < -0.39 is 0 Å². The number of nitrogens with zero attached hydrogens (tertiary/aromatic N) is 1. The topological polar surface area (TPSA) is 100 Å². The molecule has 8 nitrogen and oxygen atoms in total. The molecule has 0 unspecified atom stereocenters. The summed E-state index contributed by atoms with van der Waals surface area (Å²) in [5, 5.41) is 17.4. The lowest BCUT2D eigenvalue weighted by Gasteiger charge is -2.72. The van der Waals surface area contributed by atoms with Gasteiger partial charge in [0, 0.05) is 39.6 Å². The molecule has 5 aliphatic carbocycles. The summed E-state index contributed by atoms with van der Waals surface area (Å²) in [5.41, 5.74) is 1.44. The van der Waals surface area contributed by atoms with E-state index in [-0.39, 0.29) is 39.1 Å². The molecular weight excluding hydrogens is 663 g/mol. The van der Waals surface area contributed by atoms with Crippen LogP contribution in [0.25, 0.3) is 0 Å². The van der Waals surface area contributed by atoms with Gasteiger partial charge in [0.1, 0.15) is 0 Å². The summed E-state index contributed by atoms with van der Waals surface area (Å²) in [6.07, 6.45) is 16.6. The second-order valence-corrected chi connectivity index (χ2v) is 20.0. The van der Waals surface area contributed by atoms with Gasteiger partial charge in [-0.15, -0.1) is 0 Å². The highest BCUT2D eigenvalue weighted by atomic mass is 16.5. The van der Waals surface area contributed by atoms with Crippen molar-refractivity contribution in [1.29, 1.82) is 0 Å². The lowest BCUT2D eigenvalue weighted by atomic mass is 9.32. The van der Waals surface area contributed by atoms with Crippen LogP contribution in [0.4, 0.5) is 0 Å². The highest BCUT2D eigenvalue weighted by Gasteiger charge is 2.72. The maximum atomic E-state index is 14.7. The quantitative estimate of drug-likeness (QED) is 0.119. The smallest absolute Gasteiger partial charge is 0.226 e. The van der Waals surface area contributed by atoms with Gasteiger partial charge in [0.2, 0.25) is 11.8 Å². The van der Waals surface area contributed by atoms with Crippen LogP contribution in [0.2, 0.25) is 0 Å². The molecule has 53 heavy (non-hydrogen) atoms. The van der Waals surface area contributed by atoms with Crippen LogP contribution in [-0.2, 0) is 19.1 Å². The van der Waals surface area contributed by atoms with Gasteiger partial charge in [0.25, 0.3) is 0 Å². The Balaban J connectivity index is 1.17. The average Bonchev–Trinajstić information content (AvgIpc) is 3.54. The molecule has 0 aromatic heterocycles. The molecule has 302 valence electrons. The molecule has 0 spiro atoms. The molecule has 6 aliphatic rings. The molecule has 6 fully saturated rings. The molecule has 3 N–H and O–H groups in total. The molecule has 1 heterocycles. The van der Waals surface area contributed by atoms with Crippen LogP contribution < -0.4 is 10.6 Å². The van der Waals surface area contributed by atoms with E-state index in [0.29, 0.717) is 55.1 Å². The number of nitrogens with one attached hydrogen (secondary N) is 2. The first kappa shape index (κ1) is 41.2. The van der Waals surface area contributed by atoms with Crippen molar-refractivity contribution in [1.82, 2.24) is 15.5 Å². The Kier molecular flexibility index (Phi) is 12.9. The normalized spacial score (nSPS) is 40.7. The number of rotatable bonds is 15. The fraction of sp³-hybridized carbons (Fsp3) is 0.911. The van der Waals surface area contributed by atoms with Gasteiger partial charge in [-0.2, -0.15) is 0 Å². The minimum absolute atomic E-state index is 0.0481. The van der Waals surface area contributed by atoms with Gasteiger partial charge < -0.3 is 25.2 Å². The molecule has 0 bridgehead atoms. The predicted octanol–water partition coefficient (Wildman–Crippen LogP) is 7.54. The first-order valence-electron chi connectivity index (χ1n) is 22.0. The Morgan fingerprint density at radius 2 is 1.58 bits per heavy atom. The lowest BCUT2D eigenvalue weighted by molar-refractivity contribution is -0.246. The number of hydrogen-bond donors (Lipinski definition) is 3. The number of amides is 2. The van der Waals surface area contributed by atoms with E-state index in [1.54, 1.807) is 7.05 Å². The zero-order valence-electron chi connectivity index (χ0n) is 34.7. The Hall–Kier alpha value is -1.48. The highest BCUT2D eigenvalue weighted by molar-refractivity contribution is 5.84. The van der Waals surface area contributed by atoms with Gasteiger partial charge in [0.15, 0.2) is 0 Å². The Bertz CT molecular complexity index is 1300. The van der Waals surface area contributed by atoms with Gasteiger partial charge >= 0.3 is 0 Å². The van der Waals surface area contributed by atoms with Crippen molar-refractivity contribution in [3.8, 4) is 0 Å². The van der Waals surface area contributed by atoms with Gasteiger partial charge in [-0.1, -0.05) is 60.5 Å². The monoisotopic (exact) mass is 740 g/mol. The molecule has 6 rings (SSSR count). The molecule has 1 saturated heterocycles. The van der Waals surface area contributed by atoms with E-state index >= 15 is 0 Å². The summed E-state index contributed by atoms with van der Waals surface area (Å²) < 4.78 is 11.9. The van der Waals surface area contributed by atoms with Crippen molar-refractivity contribution in [2.75, 3.05) is 59.7 Å². The molecule has 0 radical (unpaired) electrons. The largest absolute Gasteiger partial charge is 0.393 e. The second-order valence-electron chi connectivity index (χ2n) is 20.0. The molecule has 10 atom stereocenters. The molecule has 0 aromatic rings. The third kappa shape index (κ3) is 7.55. The molecule has 5 saturated carbocycles. The number of ether oxygens (including phenoxy) is 2. The number of aliphatic hydroxyl groups is 1. The third-order valence-corrected chi connectivity index (χ3v) is 17.5. The summed E-state index contributed by atoms with van der Waals surface area (Å²) in [7, 11) is 1.70. The number of hydrogen-bond acceptors (Lipinski definition) is 6. The van der Waals surface area contributed by atoms with Crippen LogP contribution in [-0.4, -0.2) is 87.6 Å². The Morgan fingerprint density at radius 3 is 2.34 bits per heavy atom. The van der Waals surface area contributed by atoms with E-state index in [0.717, 1.165) is 110 Å². The second kappa shape index (κ2) is 16.5. The van der Waals surface area contributed by atoms with Crippen LogP contribution in [0.5, 0.6) is 0 Å². The summed E-state index contributed by atoms with van der Waals surface area (Å²) in [6.45, 7) is 23.9. The number of aliphatic hydroxyl groups excluding tert-OH is 1. The Morgan fingerprint density at radius 1 is 0.849 bits per heavy atom. The van der Waals surface area contributed by atoms with E-state index in [4.69, 9.17) is 16.1 Å². The highest BCUT2D eigenvalue weighted by Crippen LogP contribution is 2.77. The number of fused-ring (bicyclic) bond motifs is 7.